The molecule has 0 radical (unpaired) electrons. The molecular weight excluding hydrogens is 404 g/mol. The van der Waals surface area contributed by atoms with Gasteiger partial charge in [0.2, 0.25) is 0 Å². The molecule has 0 saturated carbocycles. The summed E-state index contributed by atoms with van der Waals surface area (Å²) in [7, 11) is 0. The number of anilines is 2. The summed E-state index contributed by atoms with van der Waals surface area (Å²) in [6.45, 7) is 5.96. The summed E-state index contributed by atoms with van der Waals surface area (Å²) < 4.78 is 1.57. The van der Waals surface area contributed by atoms with Gasteiger partial charge in [-0.3, -0.25) is 9.36 Å². The van der Waals surface area contributed by atoms with Crippen molar-refractivity contribution in [2.45, 2.75) is 45.3 Å². The van der Waals surface area contributed by atoms with Gasteiger partial charge in [0, 0.05) is 12.1 Å². The number of nitrogen functional groups attached to an aromatic ring is 1. The third-order valence-electron chi connectivity index (χ3n) is 4.67. The second kappa shape index (κ2) is 8.26. The van der Waals surface area contributed by atoms with Crippen molar-refractivity contribution in [2.75, 3.05) is 11.1 Å². The first-order valence-corrected chi connectivity index (χ1v) is 9.75. The molecule has 2 heterocycles. The van der Waals surface area contributed by atoms with E-state index in [4.69, 9.17) is 23.1 Å². The van der Waals surface area contributed by atoms with Gasteiger partial charge in [-0.25, -0.2) is 15.0 Å². The lowest BCUT2D eigenvalue weighted by Gasteiger charge is -2.23. The summed E-state index contributed by atoms with van der Waals surface area (Å²) in [4.78, 5) is 25.9. The van der Waals surface area contributed by atoms with Gasteiger partial charge in [-0.2, -0.15) is 5.26 Å². The van der Waals surface area contributed by atoms with Crippen molar-refractivity contribution in [2.24, 2.45) is 5.73 Å². The molecule has 0 spiro atoms. The largest absolute Gasteiger partial charge is 0.382 e. The Morgan fingerprint density at radius 1 is 1.37 bits per heavy atom. The highest BCUT2D eigenvalue weighted by Crippen LogP contribution is 2.24. The van der Waals surface area contributed by atoms with E-state index in [0.717, 1.165) is 0 Å². The van der Waals surface area contributed by atoms with Gasteiger partial charge in [-0.05, 0) is 39.3 Å². The number of fused-ring (bicyclic) bond motifs is 1. The van der Waals surface area contributed by atoms with Gasteiger partial charge in [0.1, 0.15) is 35.4 Å². The molecule has 1 atom stereocenters. The topological polar surface area (TPSA) is 149 Å². The molecule has 2 aromatic heterocycles. The van der Waals surface area contributed by atoms with E-state index in [1.807, 2.05) is 26.8 Å². The van der Waals surface area contributed by atoms with Crippen LogP contribution in [0.15, 0.2) is 29.3 Å². The third kappa shape index (κ3) is 4.35. The zero-order valence-corrected chi connectivity index (χ0v) is 17.7. The maximum Gasteiger partial charge on any atom is 0.262 e. The first kappa shape index (κ1) is 21.5. The van der Waals surface area contributed by atoms with Crippen LogP contribution in [0.3, 0.4) is 0 Å². The van der Waals surface area contributed by atoms with Gasteiger partial charge in [-0.15, -0.1) is 0 Å². The zero-order chi connectivity index (χ0) is 22.1. The van der Waals surface area contributed by atoms with E-state index >= 15 is 0 Å². The monoisotopic (exact) mass is 426 g/mol. The van der Waals surface area contributed by atoms with Gasteiger partial charge in [0.05, 0.1) is 22.0 Å². The number of hydrogen-bond acceptors (Lipinski definition) is 8. The standard InChI is InChI=1S/C20H23ClN8O/c1-11(27-17-12(9-22)16(23)25-10-26-17)18-28-14-6-4-5-13(21)15(14)19(30)29(18)8-7-20(2,3)24/h4-6,10-11H,7-8,24H2,1-3H3,(H3,23,25,26,27). The average molecular weight is 427 g/mol. The van der Waals surface area contributed by atoms with E-state index in [2.05, 4.69) is 20.3 Å². The van der Waals surface area contributed by atoms with E-state index in [0.29, 0.717) is 34.7 Å². The summed E-state index contributed by atoms with van der Waals surface area (Å²) in [6, 6.07) is 6.66. The lowest BCUT2D eigenvalue weighted by molar-refractivity contribution is 0.422. The molecule has 1 unspecified atom stereocenters. The molecule has 0 bridgehead atoms. The summed E-state index contributed by atoms with van der Waals surface area (Å²) in [5.74, 6) is 0.812. The Balaban J connectivity index is 2.13. The molecule has 0 amide bonds. The van der Waals surface area contributed by atoms with Crippen molar-refractivity contribution in [1.29, 1.82) is 5.26 Å². The molecule has 0 aliphatic carbocycles. The van der Waals surface area contributed by atoms with Crippen molar-refractivity contribution >= 4 is 34.1 Å². The van der Waals surface area contributed by atoms with Crippen LogP contribution >= 0.6 is 11.6 Å². The molecule has 9 nitrogen and oxygen atoms in total. The summed E-state index contributed by atoms with van der Waals surface area (Å²) in [5, 5.41) is 13.2. The number of halogens is 1. The summed E-state index contributed by atoms with van der Waals surface area (Å²) in [6.07, 6.45) is 1.82. The third-order valence-corrected chi connectivity index (χ3v) is 4.99. The molecule has 3 aromatic rings. The lowest BCUT2D eigenvalue weighted by Crippen LogP contribution is -2.36. The van der Waals surface area contributed by atoms with Crippen LogP contribution in [-0.4, -0.2) is 25.1 Å². The molecule has 3 rings (SSSR count). The van der Waals surface area contributed by atoms with Crippen molar-refractivity contribution in [1.82, 2.24) is 19.5 Å². The van der Waals surface area contributed by atoms with Crippen molar-refractivity contribution < 1.29 is 0 Å². The van der Waals surface area contributed by atoms with Crippen LogP contribution in [0.1, 0.15) is 44.6 Å². The van der Waals surface area contributed by atoms with Crippen molar-refractivity contribution in [3.8, 4) is 6.07 Å². The molecule has 0 aliphatic rings. The van der Waals surface area contributed by atoms with Crippen LogP contribution < -0.4 is 22.3 Å². The fourth-order valence-corrected chi connectivity index (χ4v) is 3.33. The highest BCUT2D eigenvalue weighted by Gasteiger charge is 2.21. The van der Waals surface area contributed by atoms with E-state index in [-0.39, 0.29) is 22.8 Å². The number of aromatic nitrogens is 4. The Morgan fingerprint density at radius 3 is 2.77 bits per heavy atom. The maximum atomic E-state index is 13.3. The zero-order valence-electron chi connectivity index (χ0n) is 17.0. The van der Waals surface area contributed by atoms with Crippen LogP contribution in [-0.2, 0) is 6.54 Å². The second-order valence-corrected chi connectivity index (χ2v) is 8.17. The van der Waals surface area contributed by atoms with Gasteiger partial charge in [-0.1, -0.05) is 17.7 Å². The van der Waals surface area contributed by atoms with Gasteiger partial charge < -0.3 is 16.8 Å². The van der Waals surface area contributed by atoms with Crippen LogP contribution in [0.4, 0.5) is 11.6 Å². The van der Waals surface area contributed by atoms with Crippen LogP contribution in [0.2, 0.25) is 5.02 Å². The molecule has 0 aliphatic heterocycles. The normalized spacial score (nSPS) is 12.5. The fraction of sp³-hybridized carbons (Fsp3) is 0.350. The number of benzene rings is 1. The Bertz CT molecular complexity index is 1190. The quantitative estimate of drug-likeness (QED) is 0.544. The van der Waals surface area contributed by atoms with Gasteiger partial charge in [0.25, 0.3) is 5.56 Å². The highest BCUT2D eigenvalue weighted by atomic mass is 35.5. The van der Waals surface area contributed by atoms with E-state index < -0.39 is 11.6 Å². The average Bonchev–Trinajstić information content (AvgIpc) is 2.66. The maximum absolute atomic E-state index is 13.3. The first-order chi connectivity index (χ1) is 14.1. The molecule has 1 aromatic carbocycles. The first-order valence-electron chi connectivity index (χ1n) is 9.37. The van der Waals surface area contributed by atoms with Crippen LogP contribution in [0.25, 0.3) is 10.9 Å². The number of nitrogens with two attached hydrogens (primary N) is 2. The summed E-state index contributed by atoms with van der Waals surface area (Å²) >= 11 is 6.28. The highest BCUT2D eigenvalue weighted by molar-refractivity contribution is 6.35. The smallest absolute Gasteiger partial charge is 0.262 e. The van der Waals surface area contributed by atoms with E-state index in [9.17, 15) is 10.1 Å². The lowest BCUT2D eigenvalue weighted by atomic mass is 10.0. The van der Waals surface area contributed by atoms with Gasteiger partial charge >= 0.3 is 0 Å². The Hall–Kier alpha value is -3.22. The molecular formula is C20H23ClN8O. The van der Waals surface area contributed by atoms with E-state index in [1.165, 1.54) is 6.33 Å². The predicted octanol–water partition coefficient (Wildman–Crippen LogP) is 2.59. The minimum atomic E-state index is -0.474. The Labute approximate surface area is 178 Å². The minimum Gasteiger partial charge on any atom is -0.382 e. The second-order valence-electron chi connectivity index (χ2n) is 7.76. The number of hydrogen-bond donors (Lipinski definition) is 3. The summed E-state index contributed by atoms with van der Waals surface area (Å²) in [5.41, 5.74) is 11.8. The predicted molar refractivity (Wildman–Crippen MR) is 117 cm³/mol. The number of nitrogens with zero attached hydrogens (tertiary/aromatic N) is 5. The van der Waals surface area contributed by atoms with Crippen LogP contribution in [0, 0.1) is 11.3 Å². The number of rotatable bonds is 6. The molecule has 0 fully saturated rings. The van der Waals surface area contributed by atoms with Crippen molar-refractivity contribution in [3.05, 3.63) is 51.3 Å². The number of nitrogens with one attached hydrogen (secondary N) is 1. The fourth-order valence-electron chi connectivity index (χ4n) is 3.08. The molecule has 156 valence electrons. The minimum absolute atomic E-state index is 0.0720. The molecule has 10 heteroatoms. The number of nitriles is 1. The van der Waals surface area contributed by atoms with Crippen molar-refractivity contribution in [3.63, 3.8) is 0 Å². The van der Waals surface area contributed by atoms with Gasteiger partial charge in [0.15, 0.2) is 0 Å². The molecule has 0 saturated heterocycles. The van der Waals surface area contributed by atoms with Crippen LogP contribution in [0.5, 0.6) is 0 Å². The van der Waals surface area contributed by atoms with E-state index in [1.54, 1.807) is 22.8 Å². The Kier molecular flexibility index (Phi) is 5.92. The SMILES string of the molecule is CC(Nc1ncnc(N)c1C#N)c1nc2cccc(Cl)c2c(=O)n1CCC(C)(C)N. The Morgan fingerprint density at radius 2 is 2.10 bits per heavy atom. The molecule has 30 heavy (non-hydrogen) atoms. The molecule has 5 N–H and O–H groups in total.